The first-order chi connectivity index (χ1) is 5.43. The van der Waals surface area contributed by atoms with Gasteiger partial charge in [-0.2, -0.15) is 5.26 Å². The van der Waals surface area contributed by atoms with Crippen LogP contribution < -0.4 is 5.32 Å². The number of aliphatic imine (C=N–C) groups is 1. The predicted octanol–water partition coefficient (Wildman–Crippen LogP) is 0.812. The van der Waals surface area contributed by atoms with Gasteiger partial charge in [0.15, 0.2) is 6.19 Å². The normalized spacial score (nSPS) is 9.36. The van der Waals surface area contributed by atoms with Crippen molar-refractivity contribution in [2.24, 2.45) is 4.99 Å². The van der Waals surface area contributed by atoms with E-state index in [9.17, 15) is 0 Å². The van der Waals surface area contributed by atoms with Crippen LogP contribution in [0.25, 0.3) is 0 Å². The van der Waals surface area contributed by atoms with Crippen molar-refractivity contribution in [2.45, 2.75) is 0 Å². The Kier molecular flexibility index (Phi) is 2.63. The second kappa shape index (κ2) is 4.01. The van der Waals surface area contributed by atoms with Crippen LogP contribution in [-0.2, 0) is 0 Å². The molecule has 0 radical (unpaired) electrons. The van der Waals surface area contributed by atoms with E-state index in [1.807, 2.05) is 0 Å². The van der Waals surface area contributed by atoms with Gasteiger partial charge in [-0.25, -0.2) is 4.99 Å². The fourth-order valence-electron chi connectivity index (χ4n) is 0.566. The van der Waals surface area contributed by atoms with Crippen molar-refractivity contribution in [3.63, 3.8) is 0 Å². The standard InChI is InChI=1S/C7H6N4/c8-5-10-6-11-7-1-3-9-4-2-7/h1-4,6H,(H,9,10,11). The number of nitrogens with one attached hydrogen (secondary N) is 1. The van der Waals surface area contributed by atoms with Gasteiger partial charge in [-0.3, -0.25) is 10.3 Å². The summed E-state index contributed by atoms with van der Waals surface area (Å²) in [4.78, 5) is 7.71. The molecule has 1 aromatic rings. The Morgan fingerprint density at radius 2 is 2.27 bits per heavy atom. The summed E-state index contributed by atoms with van der Waals surface area (Å²) in [6.07, 6.45) is 6.33. The first-order valence-electron chi connectivity index (χ1n) is 3.00. The van der Waals surface area contributed by atoms with E-state index in [4.69, 9.17) is 5.26 Å². The molecule has 0 saturated carbocycles. The SMILES string of the molecule is N#CNC=Nc1ccncc1. The molecule has 0 aliphatic rings. The Labute approximate surface area is 64.2 Å². The van der Waals surface area contributed by atoms with Gasteiger partial charge in [0.1, 0.15) is 6.34 Å². The zero-order valence-corrected chi connectivity index (χ0v) is 5.73. The van der Waals surface area contributed by atoms with Gasteiger partial charge in [0.2, 0.25) is 0 Å². The maximum Gasteiger partial charge on any atom is 0.182 e. The molecule has 0 aromatic carbocycles. The third-order valence-corrected chi connectivity index (χ3v) is 1.01. The molecule has 0 spiro atoms. The van der Waals surface area contributed by atoms with E-state index in [0.717, 1.165) is 5.69 Å². The van der Waals surface area contributed by atoms with Gasteiger partial charge in [-0.1, -0.05) is 0 Å². The molecule has 0 amide bonds. The van der Waals surface area contributed by atoms with Crippen molar-refractivity contribution in [3.8, 4) is 6.19 Å². The van der Waals surface area contributed by atoms with Crippen LogP contribution >= 0.6 is 0 Å². The first-order valence-corrected chi connectivity index (χ1v) is 3.00. The van der Waals surface area contributed by atoms with Crippen LogP contribution in [0.3, 0.4) is 0 Å². The zero-order chi connectivity index (χ0) is 7.94. The molecule has 4 nitrogen and oxygen atoms in total. The van der Waals surface area contributed by atoms with Crippen LogP contribution in [0, 0.1) is 11.5 Å². The minimum Gasteiger partial charge on any atom is -0.283 e. The van der Waals surface area contributed by atoms with Crippen molar-refractivity contribution in [1.82, 2.24) is 10.3 Å². The second-order valence-corrected chi connectivity index (χ2v) is 1.72. The lowest BCUT2D eigenvalue weighted by Crippen LogP contribution is -1.98. The van der Waals surface area contributed by atoms with E-state index in [1.54, 1.807) is 30.7 Å². The van der Waals surface area contributed by atoms with E-state index in [0.29, 0.717) is 0 Å². The maximum absolute atomic E-state index is 8.08. The molecule has 0 atom stereocenters. The van der Waals surface area contributed by atoms with Crippen LogP contribution in [0.4, 0.5) is 5.69 Å². The molecule has 1 rings (SSSR count). The van der Waals surface area contributed by atoms with Crippen LogP contribution in [0.15, 0.2) is 29.5 Å². The molecule has 0 unspecified atom stereocenters. The summed E-state index contributed by atoms with van der Waals surface area (Å²) in [5.74, 6) is 0. The Balaban J connectivity index is 2.59. The number of nitrogens with zero attached hydrogens (tertiary/aromatic N) is 3. The Morgan fingerprint density at radius 3 is 2.91 bits per heavy atom. The quantitative estimate of drug-likeness (QED) is 0.290. The summed E-state index contributed by atoms with van der Waals surface area (Å²) < 4.78 is 0. The topological polar surface area (TPSA) is 61.1 Å². The minimum atomic E-state index is 0.766. The molecule has 0 bridgehead atoms. The molecule has 1 heterocycles. The fourth-order valence-corrected chi connectivity index (χ4v) is 0.566. The number of hydrogen-bond acceptors (Lipinski definition) is 3. The minimum absolute atomic E-state index is 0.766. The number of hydrogen-bond donors (Lipinski definition) is 1. The van der Waals surface area contributed by atoms with Crippen molar-refractivity contribution in [2.75, 3.05) is 0 Å². The summed E-state index contributed by atoms with van der Waals surface area (Å²) in [6.45, 7) is 0. The van der Waals surface area contributed by atoms with Crippen LogP contribution in [0.5, 0.6) is 0 Å². The van der Waals surface area contributed by atoms with E-state index >= 15 is 0 Å². The summed E-state index contributed by atoms with van der Waals surface area (Å²) in [5.41, 5.74) is 0.766. The molecular formula is C7H6N4. The molecule has 11 heavy (non-hydrogen) atoms. The Morgan fingerprint density at radius 1 is 1.55 bits per heavy atom. The Hall–Kier alpha value is -1.89. The highest BCUT2D eigenvalue weighted by molar-refractivity contribution is 5.61. The van der Waals surface area contributed by atoms with Gasteiger partial charge < -0.3 is 0 Å². The van der Waals surface area contributed by atoms with E-state index < -0.39 is 0 Å². The highest BCUT2D eigenvalue weighted by Gasteiger charge is 1.81. The number of pyridine rings is 1. The van der Waals surface area contributed by atoms with E-state index in [2.05, 4.69) is 15.3 Å². The van der Waals surface area contributed by atoms with Crippen LogP contribution in [0.2, 0.25) is 0 Å². The molecule has 4 heteroatoms. The smallest absolute Gasteiger partial charge is 0.182 e. The second-order valence-electron chi connectivity index (χ2n) is 1.72. The van der Waals surface area contributed by atoms with Crippen LogP contribution in [-0.4, -0.2) is 11.3 Å². The maximum atomic E-state index is 8.08. The summed E-state index contributed by atoms with van der Waals surface area (Å²) >= 11 is 0. The average molecular weight is 146 g/mol. The highest BCUT2D eigenvalue weighted by atomic mass is 14.9. The molecule has 54 valence electrons. The highest BCUT2D eigenvalue weighted by Crippen LogP contribution is 2.05. The van der Waals surface area contributed by atoms with Gasteiger partial charge in [0, 0.05) is 12.4 Å². The largest absolute Gasteiger partial charge is 0.283 e. The van der Waals surface area contributed by atoms with Gasteiger partial charge in [0.25, 0.3) is 0 Å². The average Bonchev–Trinajstić information content (AvgIpc) is 2.07. The third kappa shape index (κ3) is 2.45. The fraction of sp³-hybridized carbons (Fsp3) is 0. The lowest BCUT2D eigenvalue weighted by atomic mass is 10.4. The molecule has 1 aromatic heterocycles. The van der Waals surface area contributed by atoms with Crippen molar-refractivity contribution in [3.05, 3.63) is 24.5 Å². The molecule has 1 N–H and O–H groups in total. The predicted molar refractivity (Wildman–Crippen MR) is 41.1 cm³/mol. The molecule has 0 fully saturated rings. The summed E-state index contributed by atoms with van der Waals surface area (Å²) in [5, 5.41) is 10.4. The monoisotopic (exact) mass is 146 g/mol. The summed E-state index contributed by atoms with van der Waals surface area (Å²) in [7, 11) is 0. The Bertz CT molecular complexity index is 272. The van der Waals surface area contributed by atoms with Gasteiger partial charge >= 0.3 is 0 Å². The third-order valence-electron chi connectivity index (χ3n) is 1.01. The van der Waals surface area contributed by atoms with E-state index in [-0.39, 0.29) is 0 Å². The lowest BCUT2D eigenvalue weighted by molar-refractivity contribution is 1.27. The summed E-state index contributed by atoms with van der Waals surface area (Å²) in [6, 6.07) is 3.49. The van der Waals surface area contributed by atoms with Crippen molar-refractivity contribution in [1.29, 1.82) is 5.26 Å². The van der Waals surface area contributed by atoms with Crippen LogP contribution in [0.1, 0.15) is 0 Å². The number of nitriles is 1. The van der Waals surface area contributed by atoms with Crippen molar-refractivity contribution < 1.29 is 0 Å². The molecular weight excluding hydrogens is 140 g/mol. The van der Waals surface area contributed by atoms with Gasteiger partial charge in [0.05, 0.1) is 5.69 Å². The lowest BCUT2D eigenvalue weighted by Gasteiger charge is -1.87. The van der Waals surface area contributed by atoms with Crippen molar-refractivity contribution >= 4 is 12.0 Å². The number of rotatable bonds is 2. The van der Waals surface area contributed by atoms with E-state index in [1.165, 1.54) is 6.34 Å². The molecule has 0 saturated heterocycles. The zero-order valence-electron chi connectivity index (χ0n) is 5.73. The van der Waals surface area contributed by atoms with Gasteiger partial charge in [-0.05, 0) is 12.1 Å². The number of aromatic nitrogens is 1. The first kappa shape index (κ1) is 7.22. The molecule has 0 aliphatic heterocycles. The molecule has 0 aliphatic carbocycles. The van der Waals surface area contributed by atoms with Gasteiger partial charge in [-0.15, -0.1) is 0 Å².